The van der Waals surface area contributed by atoms with Crippen molar-refractivity contribution < 1.29 is 23.9 Å². The van der Waals surface area contributed by atoms with Crippen molar-refractivity contribution in [2.24, 2.45) is 10.9 Å². The van der Waals surface area contributed by atoms with Crippen molar-refractivity contribution in [1.82, 2.24) is 20.4 Å². The number of benzene rings is 2. The van der Waals surface area contributed by atoms with Crippen LogP contribution in [0.3, 0.4) is 0 Å². The molecule has 2 aromatic rings. The van der Waals surface area contributed by atoms with E-state index in [0.29, 0.717) is 67.6 Å². The van der Waals surface area contributed by atoms with Crippen molar-refractivity contribution >= 4 is 29.6 Å². The molecule has 0 aromatic heterocycles. The molecule has 0 unspecified atom stereocenters. The van der Waals surface area contributed by atoms with E-state index in [-0.39, 0.29) is 18.5 Å². The average Bonchev–Trinajstić information content (AvgIpc) is 3.08. The zero-order valence-corrected chi connectivity index (χ0v) is 29.2. The Bertz CT molecular complexity index is 1450. The third-order valence-electron chi connectivity index (χ3n) is 9.90. The summed E-state index contributed by atoms with van der Waals surface area (Å²) in [6.45, 7) is 7.14. The minimum atomic E-state index is -0.444. The number of nitrogens with zero attached hydrogens (tertiary/aromatic N) is 3. The van der Waals surface area contributed by atoms with Crippen molar-refractivity contribution in [2.75, 3.05) is 26.7 Å². The summed E-state index contributed by atoms with van der Waals surface area (Å²) < 4.78 is 11.9. The number of rotatable bonds is 11. The summed E-state index contributed by atoms with van der Waals surface area (Å²) in [5, 5.41) is 5.91. The van der Waals surface area contributed by atoms with Crippen LogP contribution in [0.1, 0.15) is 99.3 Å². The Labute approximate surface area is 285 Å². The first-order chi connectivity index (χ1) is 23.2. The second kappa shape index (κ2) is 16.8. The zero-order valence-electron chi connectivity index (χ0n) is 29.2. The van der Waals surface area contributed by atoms with Crippen LogP contribution < -0.4 is 20.1 Å². The van der Waals surface area contributed by atoms with Gasteiger partial charge >= 0.3 is 12.0 Å². The van der Waals surface area contributed by atoms with Gasteiger partial charge in [0.25, 0.3) is 0 Å². The van der Waals surface area contributed by atoms with Crippen molar-refractivity contribution in [1.29, 1.82) is 0 Å². The molecule has 10 heteroatoms. The number of aryl methyl sites for hydroxylation is 3. The molecule has 0 atom stereocenters. The molecule has 2 N–H and O–H groups in total. The standard InChI is InChI=1S/C38H53N5O5/c1-26-20-27(2)36(28(3)21-26)48-35(45)25-43-24-30-22-32(47-19-11-16-34(44)42(4)31-14-9-6-10-15-31)17-18-33(30)40-37(43)41-38(46)39-23-29-12-7-5-8-13-29/h17-18,20-22,29,31H,5-16,19,23-25H2,1-4H3,(H2,39,40,41,46). The van der Waals surface area contributed by atoms with Gasteiger partial charge in [-0.15, -0.1) is 0 Å². The van der Waals surface area contributed by atoms with Crippen LogP contribution in [0.2, 0.25) is 0 Å². The third kappa shape index (κ3) is 9.73. The molecule has 2 saturated carbocycles. The van der Waals surface area contributed by atoms with E-state index in [9.17, 15) is 14.4 Å². The van der Waals surface area contributed by atoms with Gasteiger partial charge in [0.1, 0.15) is 18.0 Å². The Morgan fingerprint density at radius 2 is 1.62 bits per heavy atom. The summed E-state index contributed by atoms with van der Waals surface area (Å²) in [4.78, 5) is 47.4. The van der Waals surface area contributed by atoms with Crippen LogP contribution in [0.15, 0.2) is 35.3 Å². The molecular formula is C38H53N5O5. The fraction of sp³-hybridized carbons (Fsp3) is 0.579. The Balaban J connectivity index is 1.22. The Hall–Kier alpha value is -4.08. The maximum atomic E-state index is 13.3. The number of aliphatic imine (C=N–C) groups is 1. The first-order valence-electron chi connectivity index (χ1n) is 17.8. The number of urea groups is 1. The summed E-state index contributed by atoms with van der Waals surface area (Å²) >= 11 is 0. The number of esters is 1. The third-order valence-corrected chi connectivity index (χ3v) is 9.90. The Kier molecular flexibility index (Phi) is 12.4. The smallest absolute Gasteiger partial charge is 0.331 e. The number of hydrogen-bond donors (Lipinski definition) is 2. The highest BCUT2D eigenvalue weighted by atomic mass is 16.5. The van der Waals surface area contributed by atoms with Crippen LogP contribution in [0.5, 0.6) is 11.5 Å². The lowest BCUT2D eigenvalue weighted by atomic mass is 9.89. The second-order valence-electron chi connectivity index (χ2n) is 13.9. The SMILES string of the molecule is Cc1cc(C)c(OC(=O)CN2Cc3cc(OCCCC(=O)N(C)C4CCCCC4)ccc3N=C2NC(=O)NCC2CCCCC2)c(C)c1. The number of ether oxygens (including phenoxy) is 2. The van der Waals surface area contributed by atoms with Gasteiger partial charge in [0.05, 0.1) is 12.3 Å². The van der Waals surface area contributed by atoms with Crippen LogP contribution in [-0.2, 0) is 16.1 Å². The molecule has 1 aliphatic heterocycles. The fourth-order valence-electron chi connectivity index (χ4n) is 7.26. The molecule has 1 heterocycles. The average molecular weight is 660 g/mol. The normalized spacial score (nSPS) is 16.8. The zero-order chi connectivity index (χ0) is 34.0. The topological polar surface area (TPSA) is 113 Å². The van der Waals surface area contributed by atoms with Crippen LogP contribution in [0, 0.1) is 26.7 Å². The Morgan fingerprint density at radius 3 is 2.33 bits per heavy atom. The van der Waals surface area contributed by atoms with Gasteiger partial charge in [0.2, 0.25) is 11.9 Å². The predicted molar refractivity (Wildman–Crippen MR) is 188 cm³/mol. The molecule has 2 fully saturated rings. The molecule has 3 aliphatic rings. The van der Waals surface area contributed by atoms with Crippen molar-refractivity contribution in [2.45, 2.75) is 110 Å². The number of fused-ring (bicyclic) bond motifs is 1. The largest absolute Gasteiger partial charge is 0.494 e. The van der Waals surface area contributed by atoms with Crippen molar-refractivity contribution in [3.8, 4) is 11.5 Å². The van der Waals surface area contributed by atoms with E-state index in [1.807, 2.05) is 63.1 Å². The highest BCUT2D eigenvalue weighted by Crippen LogP contribution is 2.31. The van der Waals surface area contributed by atoms with Gasteiger partial charge in [-0.2, -0.15) is 0 Å². The minimum absolute atomic E-state index is 0.102. The summed E-state index contributed by atoms with van der Waals surface area (Å²) in [6.07, 6.45) is 12.9. The van der Waals surface area contributed by atoms with Crippen LogP contribution in [0.4, 0.5) is 10.5 Å². The quantitative estimate of drug-likeness (QED) is 0.155. The summed E-state index contributed by atoms with van der Waals surface area (Å²) in [5.41, 5.74) is 4.45. The number of hydrogen-bond acceptors (Lipinski definition) is 7. The molecule has 0 radical (unpaired) electrons. The maximum Gasteiger partial charge on any atom is 0.331 e. The van der Waals surface area contributed by atoms with Crippen LogP contribution in [0.25, 0.3) is 0 Å². The second-order valence-corrected chi connectivity index (χ2v) is 13.9. The lowest BCUT2D eigenvalue weighted by molar-refractivity contribution is -0.135. The number of amides is 3. The van der Waals surface area contributed by atoms with Gasteiger partial charge in [-0.1, -0.05) is 56.2 Å². The molecule has 0 spiro atoms. The minimum Gasteiger partial charge on any atom is -0.494 e. The van der Waals surface area contributed by atoms with Gasteiger partial charge in [0, 0.05) is 38.2 Å². The van der Waals surface area contributed by atoms with E-state index in [0.717, 1.165) is 47.9 Å². The van der Waals surface area contributed by atoms with Gasteiger partial charge in [-0.25, -0.2) is 14.6 Å². The lowest BCUT2D eigenvalue weighted by Crippen LogP contribution is -2.51. The molecule has 0 bridgehead atoms. The van der Waals surface area contributed by atoms with Crippen molar-refractivity contribution in [3.63, 3.8) is 0 Å². The molecule has 5 rings (SSSR count). The van der Waals surface area contributed by atoms with Crippen LogP contribution in [-0.4, -0.2) is 66.5 Å². The van der Waals surface area contributed by atoms with Crippen molar-refractivity contribution in [3.05, 3.63) is 52.6 Å². The number of carbonyl (C=O) groups is 3. The van der Waals surface area contributed by atoms with Gasteiger partial charge in [-0.3, -0.25) is 10.1 Å². The summed E-state index contributed by atoms with van der Waals surface area (Å²) in [5.74, 6) is 1.74. The first-order valence-corrected chi connectivity index (χ1v) is 17.8. The van der Waals surface area contributed by atoms with Gasteiger partial charge < -0.3 is 24.6 Å². The van der Waals surface area contributed by atoms with E-state index >= 15 is 0 Å². The van der Waals surface area contributed by atoms with Gasteiger partial charge in [0.15, 0.2) is 0 Å². The molecule has 0 saturated heterocycles. The van der Waals surface area contributed by atoms with Gasteiger partial charge in [-0.05, 0) is 88.1 Å². The van der Waals surface area contributed by atoms with E-state index in [1.165, 1.54) is 38.5 Å². The van der Waals surface area contributed by atoms with E-state index in [1.54, 1.807) is 4.90 Å². The molecule has 2 aromatic carbocycles. The number of nitrogens with one attached hydrogen (secondary N) is 2. The molecule has 10 nitrogen and oxygen atoms in total. The molecule has 48 heavy (non-hydrogen) atoms. The predicted octanol–water partition coefficient (Wildman–Crippen LogP) is 6.85. The van der Waals surface area contributed by atoms with Crippen LogP contribution >= 0.6 is 0 Å². The summed E-state index contributed by atoms with van der Waals surface area (Å²) in [7, 11) is 1.93. The molecule has 260 valence electrons. The maximum absolute atomic E-state index is 13.3. The molecule has 2 aliphatic carbocycles. The summed E-state index contributed by atoms with van der Waals surface area (Å²) in [6, 6.07) is 9.64. The molecule has 3 amide bonds. The number of guanidine groups is 1. The lowest BCUT2D eigenvalue weighted by Gasteiger charge is -2.31. The van der Waals surface area contributed by atoms with E-state index in [2.05, 4.69) is 10.6 Å². The van der Waals surface area contributed by atoms with E-state index in [4.69, 9.17) is 14.5 Å². The highest BCUT2D eigenvalue weighted by Gasteiger charge is 2.26. The fourth-order valence-corrected chi connectivity index (χ4v) is 7.26. The Morgan fingerprint density at radius 1 is 0.938 bits per heavy atom. The monoisotopic (exact) mass is 659 g/mol. The van der Waals surface area contributed by atoms with E-state index < -0.39 is 5.97 Å². The first kappa shape index (κ1) is 35.2. The number of carbonyl (C=O) groups excluding carboxylic acids is 3. The highest BCUT2D eigenvalue weighted by molar-refractivity contribution is 5.99. The molecular weight excluding hydrogens is 606 g/mol.